The highest BCUT2D eigenvalue weighted by Gasteiger charge is 2.38. The van der Waals surface area contributed by atoms with Gasteiger partial charge >= 0.3 is 0 Å². The zero-order valence-electron chi connectivity index (χ0n) is 17.2. The number of piperidine rings is 1. The first-order valence-corrected chi connectivity index (χ1v) is 11.1. The topological polar surface area (TPSA) is 70.9 Å². The Morgan fingerprint density at radius 3 is 2.69 bits per heavy atom. The van der Waals surface area contributed by atoms with Crippen molar-refractivity contribution in [2.24, 2.45) is 5.92 Å². The van der Waals surface area contributed by atoms with Crippen LogP contribution in [-0.2, 0) is 20.9 Å². The number of hydrogen-bond acceptors (Lipinski definition) is 5. The lowest BCUT2D eigenvalue weighted by Gasteiger charge is -2.40. The van der Waals surface area contributed by atoms with Crippen LogP contribution in [0, 0.1) is 5.92 Å². The van der Waals surface area contributed by atoms with Gasteiger partial charge in [0.15, 0.2) is 0 Å². The molecule has 2 saturated heterocycles. The normalized spacial score (nSPS) is 23.2. The molecule has 2 amide bonds. The van der Waals surface area contributed by atoms with Gasteiger partial charge in [-0.25, -0.2) is 0 Å². The highest BCUT2D eigenvalue weighted by atomic mass is 16.5. The summed E-state index contributed by atoms with van der Waals surface area (Å²) in [6.07, 6.45) is 8.47. The van der Waals surface area contributed by atoms with Crippen molar-refractivity contribution in [2.75, 3.05) is 52.5 Å². The molecule has 29 heavy (non-hydrogen) atoms. The lowest BCUT2D eigenvalue weighted by atomic mass is 10.0. The molecule has 1 unspecified atom stereocenters. The SMILES string of the molecule is O=C(Cn1cccn1)N1CCCC(N(CCCN2CCOCC2)C(=O)C2CC2)C1. The van der Waals surface area contributed by atoms with Crippen molar-refractivity contribution in [3.05, 3.63) is 18.5 Å². The lowest BCUT2D eigenvalue weighted by molar-refractivity contribution is -0.141. The van der Waals surface area contributed by atoms with Crippen LogP contribution >= 0.6 is 0 Å². The molecule has 4 rings (SSSR count). The fraction of sp³-hybridized carbons (Fsp3) is 0.762. The number of nitrogens with zero attached hydrogens (tertiary/aromatic N) is 5. The van der Waals surface area contributed by atoms with E-state index >= 15 is 0 Å². The molecule has 1 saturated carbocycles. The molecule has 1 aromatic heterocycles. The molecule has 3 heterocycles. The summed E-state index contributed by atoms with van der Waals surface area (Å²) >= 11 is 0. The van der Waals surface area contributed by atoms with Crippen molar-refractivity contribution >= 4 is 11.8 Å². The summed E-state index contributed by atoms with van der Waals surface area (Å²) in [5.41, 5.74) is 0. The number of likely N-dealkylation sites (tertiary alicyclic amines) is 1. The average molecular weight is 404 g/mol. The van der Waals surface area contributed by atoms with Crippen LogP contribution in [-0.4, -0.2) is 94.8 Å². The van der Waals surface area contributed by atoms with Gasteiger partial charge in [0.25, 0.3) is 0 Å². The molecule has 8 heteroatoms. The van der Waals surface area contributed by atoms with E-state index in [0.29, 0.717) is 12.5 Å². The summed E-state index contributed by atoms with van der Waals surface area (Å²) in [7, 11) is 0. The van der Waals surface area contributed by atoms with Crippen molar-refractivity contribution in [3.8, 4) is 0 Å². The van der Waals surface area contributed by atoms with E-state index in [9.17, 15) is 9.59 Å². The van der Waals surface area contributed by atoms with E-state index in [1.807, 2.05) is 17.2 Å². The van der Waals surface area contributed by atoms with Crippen LogP contribution in [0.5, 0.6) is 0 Å². The minimum absolute atomic E-state index is 0.0885. The minimum atomic E-state index is 0.0885. The number of ether oxygens (including phenoxy) is 1. The predicted octanol–water partition coefficient (Wildman–Crippen LogP) is 0.835. The Morgan fingerprint density at radius 2 is 1.97 bits per heavy atom. The lowest BCUT2D eigenvalue weighted by Crippen LogP contribution is -2.53. The summed E-state index contributed by atoms with van der Waals surface area (Å²) in [6, 6.07) is 1.97. The number of hydrogen-bond donors (Lipinski definition) is 0. The molecule has 1 atom stereocenters. The van der Waals surface area contributed by atoms with Crippen LogP contribution in [0.25, 0.3) is 0 Å². The molecule has 3 aliphatic rings. The van der Waals surface area contributed by atoms with Gasteiger partial charge in [0.2, 0.25) is 11.8 Å². The van der Waals surface area contributed by atoms with E-state index in [-0.39, 0.29) is 24.4 Å². The highest BCUT2D eigenvalue weighted by Crippen LogP contribution is 2.32. The van der Waals surface area contributed by atoms with Gasteiger partial charge in [0.05, 0.1) is 13.2 Å². The smallest absolute Gasteiger partial charge is 0.244 e. The zero-order chi connectivity index (χ0) is 20.1. The van der Waals surface area contributed by atoms with Gasteiger partial charge in [-0.15, -0.1) is 0 Å². The molecule has 0 bridgehead atoms. The fourth-order valence-corrected chi connectivity index (χ4v) is 4.40. The summed E-state index contributed by atoms with van der Waals surface area (Å²) < 4.78 is 7.09. The molecule has 8 nitrogen and oxygen atoms in total. The van der Waals surface area contributed by atoms with Crippen LogP contribution in [0.1, 0.15) is 32.1 Å². The highest BCUT2D eigenvalue weighted by molar-refractivity contribution is 5.81. The van der Waals surface area contributed by atoms with Crippen molar-refractivity contribution < 1.29 is 14.3 Å². The predicted molar refractivity (Wildman–Crippen MR) is 108 cm³/mol. The largest absolute Gasteiger partial charge is 0.379 e. The minimum Gasteiger partial charge on any atom is -0.379 e. The van der Waals surface area contributed by atoms with Crippen molar-refractivity contribution in [3.63, 3.8) is 0 Å². The Hall–Kier alpha value is -1.93. The van der Waals surface area contributed by atoms with Crippen LogP contribution in [0.15, 0.2) is 18.5 Å². The van der Waals surface area contributed by atoms with E-state index in [0.717, 1.165) is 78.0 Å². The molecule has 1 aliphatic carbocycles. The van der Waals surface area contributed by atoms with Crippen molar-refractivity contribution in [2.45, 2.75) is 44.7 Å². The summed E-state index contributed by atoms with van der Waals surface area (Å²) in [4.78, 5) is 32.2. The first kappa shape index (κ1) is 20.3. The third kappa shape index (κ3) is 5.57. The summed E-state index contributed by atoms with van der Waals surface area (Å²) in [5, 5.41) is 4.14. The number of carbonyl (C=O) groups is 2. The Labute approximate surface area is 172 Å². The Morgan fingerprint density at radius 1 is 1.14 bits per heavy atom. The molecule has 0 aromatic carbocycles. The van der Waals surface area contributed by atoms with Crippen molar-refractivity contribution in [1.29, 1.82) is 0 Å². The number of aromatic nitrogens is 2. The maximum Gasteiger partial charge on any atom is 0.244 e. The molecule has 0 N–H and O–H groups in total. The monoisotopic (exact) mass is 403 g/mol. The quantitative estimate of drug-likeness (QED) is 0.643. The number of carbonyl (C=O) groups excluding carboxylic acids is 2. The van der Waals surface area contributed by atoms with Gasteiger partial charge in [0.1, 0.15) is 6.54 Å². The molecular formula is C21H33N5O3. The molecular weight excluding hydrogens is 370 g/mol. The van der Waals surface area contributed by atoms with Gasteiger partial charge in [-0.2, -0.15) is 5.10 Å². The summed E-state index contributed by atoms with van der Waals surface area (Å²) in [5.74, 6) is 0.609. The molecule has 160 valence electrons. The van der Waals surface area contributed by atoms with Gasteiger partial charge in [-0.05, 0) is 38.2 Å². The number of rotatable bonds is 8. The Bertz CT molecular complexity index is 670. The first-order valence-electron chi connectivity index (χ1n) is 11.1. The second-order valence-electron chi connectivity index (χ2n) is 8.45. The van der Waals surface area contributed by atoms with E-state index in [4.69, 9.17) is 4.74 Å². The van der Waals surface area contributed by atoms with Crippen LogP contribution in [0.4, 0.5) is 0 Å². The molecule has 3 fully saturated rings. The van der Waals surface area contributed by atoms with Gasteiger partial charge < -0.3 is 14.5 Å². The molecule has 1 aromatic rings. The second kappa shape index (κ2) is 9.71. The number of amides is 2. The van der Waals surface area contributed by atoms with Crippen LogP contribution in [0.3, 0.4) is 0 Å². The van der Waals surface area contributed by atoms with Gasteiger partial charge in [-0.3, -0.25) is 19.2 Å². The molecule has 2 aliphatic heterocycles. The maximum absolute atomic E-state index is 13.0. The Balaban J connectivity index is 1.33. The van der Waals surface area contributed by atoms with Gasteiger partial charge in [-0.1, -0.05) is 0 Å². The average Bonchev–Trinajstić information content (AvgIpc) is 3.49. The molecule has 0 spiro atoms. The zero-order valence-corrected chi connectivity index (χ0v) is 17.2. The third-order valence-corrected chi connectivity index (χ3v) is 6.23. The van der Waals surface area contributed by atoms with Crippen LogP contribution < -0.4 is 0 Å². The summed E-state index contributed by atoms with van der Waals surface area (Å²) in [6.45, 7) is 7.07. The Kier molecular flexibility index (Phi) is 6.82. The maximum atomic E-state index is 13.0. The number of morpholine rings is 1. The fourth-order valence-electron chi connectivity index (χ4n) is 4.40. The van der Waals surface area contributed by atoms with E-state index in [2.05, 4.69) is 14.9 Å². The van der Waals surface area contributed by atoms with E-state index in [1.54, 1.807) is 10.9 Å². The van der Waals surface area contributed by atoms with Gasteiger partial charge in [0, 0.05) is 63.6 Å². The van der Waals surface area contributed by atoms with E-state index in [1.165, 1.54) is 0 Å². The standard InChI is InChI=1S/C21H33N5O3/c27-20(17-25-10-2-7-22-25)24-9-1-4-19(16-24)26(21(28)18-5-6-18)11-3-8-23-12-14-29-15-13-23/h2,7,10,18-19H,1,3-6,8-9,11-17H2. The first-order chi connectivity index (χ1) is 14.2. The molecule has 0 radical (unpaired) electrons. The second-order valence-corrected chi connectivity index (χ2v) is 8.45. The van der Waals surface area contributed by atoms with Crippen LogP contribution in [0.2, 0.25) is 0 Å². The third-order valence-electron chi connectivity index (χ3n) is 6.23. The van der Waals surface area contributed by atoms with E-state index < -0.39 is 0 Å². The van der Waals surface area contributed by atoms with Crippen molar-refractivity contribution in [1.82, 2.24) is 24.5 Å².